The molecule has 3 rings (SSSR count). The molecule has 0 saturated heterocycles. The first-order chi connectivity index (χ1) is 12.0. The molecule has 25 heavy (non-hydrogen) atoms. The van der Waals surface area contributed by atoms with Crippen LogP contribution >= 0.6 is 11.6 Å². The van der Waals surface area contributed by atoms with Gasteiger partial charge in [0.25, 0.3) is 10.0 Å². The van der Waals surface area contributed by atoms with Crippen LogP contribution in [-0.4, -0.2) is 13.4 Å². The Balaban J connectivity index is 1.66. The molecule has 7 heteroatoms. The Bertz CT molecular complexity index is 946. The molecular weight excluding hydrogens is 358 g/mol. The number of nitrogens with zero attached hydrogens (tertiary/aromatic N) is 1. The first kappa shape index (κ1) is 17.3. The second-order valence-corrected chi connectivity index (χ2v) is 7.47. The van der Waals surface area contributed by atoms with E-state index in [2.05, 4.69) is 15.0 Å². The van der Waals surface area contributed by atoms with E-state index in [1.807, 2.05) is 24.3 Å². The third kappa shape index (κ3) is 4.71. The van der Waals surface area contributed by atoms with Crippen molar-refractivity contribution in [1.29, 1.82) is 0 Å². The van der Waals surface area contributed by atoms with Crippen LogP contribution in [0.3, 0.4) is 0 Å². The molecule has 1 aromatic heterocycles. The predicted molar refractivity (Wildman–Crippen MR) is 100 cm³/mol. The number of rotatable bonds is 6. The van der Waals surface area contributed by atoms with Crippen molar-refractivity contribution >= 4 is 33.0 Å². The number of pyridine rings is 1. The fraction of sp³-hybridized carbons (Fsp3) is 0.0556. The molecule has 0 unspecified atom stereocenters. The molecule has 1 heterocycles. The number of benzene rings is 2. The summed E-state index contributed by atoms with van der Waals surface area (Å²) >= 11 is 5.86. The van der Waals surface area contributed by atoms with Crippen molar-refractivity contribution in [3.8, 4) is 0 Å². The second kappa shape index (κ2) is 7.55. The van der Waals surface area contributed by atoms with Crippen molar-refractivity contribution in [1.82, 2.24) is 4.98 Å². The number of halogens is 1. The van der Waals surface area contributed by atoms with Crippen molar-refractivity contribution in [3.63, 3.8) is 0 Å². The van der Waals surface area contributed by atoms with E-state index >= 15 is 0 Å². The van der Waals surface area contributed by atoms with Crippen LogP contribution in [0.2, 0.25) is 5.02 Å². The molecule has 0 aliphatic carbocycles. The quantitative estimate of drug-likeness (QED) is 0.681. The van der Waals surface area contributed by atoms with Crippen molar-refractivity contribution in [2.75, 3.05) is 10.0 Å². The highest BCUT2D eigenvalue weighted by atomic mass is 35.5. The number of sulfonamides is 1. The number of nitrogens with one attached hydrogen (secondary N) is 2. The highest BCUT2D eigenvalue weighted by Crippen LogP contribution is 2.20. The summed E-state index contributed by atoms with van der Waals surface area (Å²) in [5.74, 6) is 0. The Kier molecular flexibility index (Phi) is 5.21. The van der Waals surface area contributed by atoms with E-state index in [4.69, 9.17) is 11.6 Å². The summed E-state index contributed by atoms with van der Waals surface area (Å²) in [7, 11) is -3.67. The molecule has 0 aliphatic rings. The van der Waals surface area contributed by atoms with E-state index in [0.717, 1.165) is 11.3 Å². The molecule has 3 aromatic rings. The summed E-state index contributed by atoms with van der Waals surface area (Å²) in [6.45, 7) is 0.663. The molecular formula is C18H16ClN3O2S. The van der Waals surface area contributed by atoms with Crippen LogP contribution in [-0.2, 0) is 16.6 Å². The number of aromatic nitrogens is 1. The SMILES string of the molecule is O=S(=O)(Nc1ccc(NCc2ccncc2)cc1)c1cccc(Cl)c1. The zero-order valence-electron chi connectivity index (χ0n) is 13.2. The third-order valence-corrected chi connectivity index (χ3v) is 5.10. The van der Waals surface area contributed by atoms with E-state index in [1.165, 1.54) is 12.1 Å². The van der Waals surface area contributed by atoms with E-state index in [-0.39, 0.29) is 4.90 Å². The molecule has 128 valence electrons. The summed E-state index contributed by atoms with van der Waals surface area (Å²) in [6, 6.07) is 17.0. The van der Waals surface area contributed by atoms with Crippen LogP contribution in [0.5, 0.6) is 0 Å². The number of anilines is 2. The van der Waals surface area contributed by atoms with Crippen LogP contribution in [0.15, 0.2) is 78.0 Å². The van der Waals surface area contributed by atoms with Gasteiger partial charge in [-0.1, -0.05) is 17.7 Å². The summed E-state index contributed by atoms with van der Waals surface area (Å²) < 4.78 is 27.3. The second-order valence-electron chi connectivity index (χ2n) is 5.35. The van der Waals surface area contributed by atoms with Crippen LogP contribution in [0.25, 0.3) is 0 Å². The van der Waals surface area contributed by atoms with Crippen LogP contribution in [0.4, 0.5) is 11.4 Å². The van der Waals surface area contributed by atoms with Gasteiger partial charge in [-0.15, -0.1) is 0 Å². The molecule has 0 spiro atoms. The Morgan fingerprint density at radius 2 is 1.60 bits per heavy atom. The van der Waals surface area contributed by atoms with Crippen LogP contribution < -0.4 is 10.0 Å². The van der Waals surface area contributed by atoms with Gasteiger partial charge in [-0.05, 0) is 60.2 Å². The lowest BCUT2D eigenvalue weighted by Gasteiger charge is -2.10. The average molecular weight is 374 g/mol. The Labute approximate surface area is 151 Å². The molecule has 0 fully saturated rings. The molecule has 2 N–H and O–H groups in total. The zero-order chi connectivity index (χ0) is 17.7. The van der Waals surface area contributed by atoms with E-state index in [1.54, 1.807) is 36.7 Å². The van der Waals surface area contributed by atoms with Gasteiger partial charge in [-0.3, -0.25) is 9.71 Å². The highest BCUT2D eigenvalue weighted by Gasteiger charge is 2.14. The molecule has 0 radical (unpaired) electrons. The maximum Gasteiger partial charge on any atom is 0.261 e. The van der Waals surface area contributed by atoms with Crippen molar-refractivity contribution in [3.05, 3.63) is 83.6 Å². The maximum atomic E-state index is 12.4. The maximum absolute atomic E-state index is 12.4. The molecule has 0 saturated carbocycles. The topological polar surface area (TPSA) is 71.1 Å². The first-order valence-corrected chi connectivity index (χ1v) is 9.40. The lowest BCUT2D eigenvalue weighted by Crippen LogP contribution is -2.12. The lowest BCUT2D eigenvalue weighted by molar-refractivity contribution is 0.601. The van der Waals surface area contributed by atoms with Gasteiger partial charge in [0, 0.05) is 35.3 Å². The molecule has 5 nitrogen and oxygen atoms in total. The molecule has 0 bridgehead atoms. The smallest absolute Gasteiger partial charge is 0.261 e. The fourth-order valence-corrected chi connectivity index (χ4v) is 3.57. The van der Waals surface area contributed by atoms with E-state index in [9.17, 15) is 8.42 Å². The minimum Gasteiger partial charge on any atom is -0.381 e. The Morgan fingerprint density at radius 1 is 0.920 bits per heavy atom. The van der Waals surface area contributed by atoms with Crippen molar-refractivity contribution < 1.29 is 8.42 Å². The molecule has 0 amide bonds. The average Bonchev–Trinajstić information content (AvgIpc) is 2.62. The number of hydrogen-bond donors (Lipinski definition) is 2. The summed E-state index contributed by atoms with van der Waals surface area (Å²) in [4.78, 5) is 4.10. The van der Waals surface area contributed by atoms with Gasteiger partial charge in [-0.25, -0.2) is 8.42 Å². The van der Waals surface area contributed by atoms with Crippen LogP contribution in [0.1, 0.15) is 5.56 Å². The summed E-state index contributed by atoms with van der Waals surface area (Å²) in [5.41, 5.74) is 2.48. The van der Waals surface area contributed by atoms with Crippen molar-refractivity contribution in [2.45, 2.75) is 11.4 Å². The minimum atomic E-state index is -3.67. The van der Waals surface area contributed by atoms with Gasteiger partial charge in [-0.2, -0.15) is 0 Å². The van der Waals surface area contributed by atoms with Gasteiger partial charge in [0.2, 0.25) is 0 Å². The van der Waals surface area contributed by atoms with Gasteiger partial charge in [0.15, 0.2) is 0 Å². The first-order valence-electron chi connectivity index (χ1n) is 7.54. The predicted octanol–water partition coefficient (Wildman–Crippen LogP) is 4.15. The molecule has 0 atom stereocenters. The Morgan fingerprint density at radius 3 is 2.28 bits per heavy atom. The largest absolute Gasteiger partial charge is 0.381 e. The van der Waals surface area contributed by atoms with E-state index in [0.29, 0.717) is 17.3 Å². The lowest BCUT2D eigenvalue weighted by atomic mass is 10.2. The minimum absolute atomic E-state index is 0.125. The van der Waals surface area contributed by atoms with Gasteiger partial charge in [0.05, 0.1) is 4.90 Å². The molecule has 2 aromatic carbocycles. The van der Waals surface area contributed by atoms with Crippen LogP contribution in [0, 0.1) is 0 Å². The normalized spacial score (nSPS) is 11.1. The van der Waals surface area contributed by atoms with Gasteiger partial charge >= 0.3 is 0 Å². The summed E-state index contributed by atoms with van der Waals surface area (Å²) in [5, 5.41) is 3.64. The summed E-state index contributed by atoms with van der Waals surface area (Å²) in [6.07, 6.45) is 3.48. The third-order valence-electron chi connectivity index (χ3n) is 3.49. The van der Waals surface area contributed by atoms with Crippen molar-refractivity contribution in [2.24, 2.45) is 0 Å². The Hall–Kier alpha value is -2.57. The number of hydrogen-bond acceptors (Lipinski definition) is 4. The van der Waals surface area contributed by atoms with Gasteiger partial charge < -0.3 is 5.32 Å². The fourth-order valence-electron chi connectivity index (χ4n) is 2.21. The zero-order valence-corrected chi connectivity index (χ0v) is 14.8. The standard InChI is InChI=1S/C18H16ClN3O2S/c19-15-2-1-3-18(12-15)25(23,24)22-17-6-4-16(5-7-17)21-13-14-8-10-20-11-9-14/h1-12,21-22H,13H2. The molecule has 0 aliphatic heterocycles. The van der Waals surface area contributed by atoms with Gasteiger partial charge in [0.1, 0.15) is 0 Å². The van der Waals surface area contributed by atoms with E-state index < -0.39 is 10.0 Å². The monoisotopic (exact) mass is 373 g/mol. The highest BCUT2D eigenvalue weighted by molar-refractivity contribution is 7.92.